The lowest BCUT2D eigenvalue weighted by Gasteiger charge is -2.16. The van der Waals surface area contributed by atoms with Gasteiger partial charge in [-0.1, -0.05) is 6.08 Å². The molecule has 1 amide bonds. The third-order valence-electron chi connectivity index (χ3n) is 2.93. The van der Waals surface area contributed by atoms with Gasteiger partial charge in [0.25, 0.3) is 0 Å². The van der Waals surface area contributed by atoms with Crippen molar-refractivity contribution in [2.75, 3.05) is 13.1 Å². The number of ether oxygens (including phenoxy) is 1. The maximum absolute atomic E-state index is 12.6. The molecule has 0 saturated carbocycles. The molecule has 102 valence electrons. The molecule has 0 aliphatic carbocycles. The lowest BCUT2D eigenvalue weighted by atomic mass is 10.3. The van der Waals surface area contributed by atoms with Gasteiger partial charge in [0.1, 0.15) is 6.10 Å². The summed E-state index contributed by atoms with van der Waals surface area (Å²) < 4.78 is 18.2. The average Bonchev–Trinajstić information content (AvgIpc) is 2.87. The number of nitrogens with zero attached hydrogens (tertiary/aromatic N) is 3. The van der Waals surface area contributed by atoms with Crippen molar-refractivity contribution in [3.63, 3.8) is 0 Å². The van der Waals surface area contributed by atoms with Crippen LogP contribution in [0.3, 0.4) is 0 Å². The zero-order valence-electron chi connectivity index (χ0n) is 10.6. The van der Waals surface area contributed by atoms with Crippen molar-refractivity contribution in [1.29, 1.82) is 0 Å². The molecule has 6 heteroatoms. The third-order valence-corrected chi connectivity index (χ3v) is 2.93. The van der Waals surface area contributed by atoms with Crippen molar-refractivity contribution in [1.82, 2.24) is 14.9 Å². The van der Waals surface area contributed by atoms with E-state index in [1.54, 1.807) is 11.0 Å². The smallest absolute Gasteiger partial charge is 0.316 e. The Morgan fingerprint density at radius 1 is 1.58 bits per heavy atom. The van der Waals surface area contributed by atoms with Crippen LogP contribution in [0, 0.1) is 5.82 Å². The number of carbonyl (C=O) groups is 1. The second-order valence-corrected chi connectivity index (χ2v) is 4.38. The van der Waals surface area contributed by atoms with Crippen LogP contribution in [0.15, 0.2) is 25.0 Å². The molecule has 0 radical (unpaired) electrons. The highest BCUT2D eigenvalue weighted by molar-refractivity contribution is 5.76. The first-order valence-corrected chi connectivity index (χ1v) is 6.22. The summed E-state index contributed by atoms with van der Waals surface area (Å²) in [6, 6.07) is 0.145. The van der Waals surface area contributed by atoms with Crippen molar-refractivity contribution >= 4 is 5.91 Å². The fourth-order valence-electron chi connectivity index (χ4n) is 1.94. The maximum Gasteiger partial charge on any atom is 0.316 e. The third kappa shape index (κ3) is 3.74. The van der Waals surface area contributed by atoms with Crippen molar-refractivity contribution < 1.29 is 13.9 Å². The van der Waals surface area contributed by atoms with Gasteiger partial charge in [-0.2, -0.15) is 0 Å². The number of hydrogen-bond donors (Lipinski definition) is 0. The number of halogens is 1. The van der Waals surface area contributed by atoms with Crippen molar-refractivity contribution in [2.45, 2.75) is 25.4 Å². The molecule has 1 saturated heterocycles. The zero-order valence-corrected chi connectivity index (χ0v) is 10.6. The summed E-state index contributed by atoms with van der Waals surface area (Å²) in [4.78, 5) is 21.0. The van der Waals surface area contributed by atoms with Crippen LogP contribution >= 0.6 is 0 Å². The minimum absolute atomic E-state index is 0.103. The number of aromatic nitrogens is 2. The summed E-state index contributed by atoms with van der Waals surface area (Å²) >= 11 is 0. The van der Waals surface area contributed by atoms with E-state index in [9.17, 15) is 9.18 Å². The van der Waals surface area contributed by atoms with Gasteiger partial charge in [0.15, 0.2) is 5.82 Å². The largest absolute Gasteiger partial charge is 0.458 e. The number of carbonyl (C=O) groups excluding carboxylic acids is 1. The fraction of sp³-hybridized carbons (Fsp3) is 0.462. The van der Waals surface area contributed by atoms with Crippen LogP contribution in [0.2, 0.25) is 0 Å². The highest BCUT2D eigenvalue weighted by Gasteiger charge is 2.27. The van der Waals surface area contributed by atoms with Crippen LogP contribution < -0.4 is 4.74 Å². The molecule has 0 spiro atoms. The monoisotopic (exact) mass is 265 g/mol. The Kier molecular flexibility index (Phi) is 4.43. The molecule has 1 aliphatic heterocycles. The Labute approximate surface area is 111 Å². The van der Waals surface area contributed by atoms with Crippen LogP contribution in [-0.4, -0.2) is 40.0 Å². The molecular weight excluding hydrogens is 249 g/mol. The Hall–Kier alpha value is -1.98. The summed E-state index contributed by atoms with van der Waals surface area (Å²) in [5.74, 6) is -0.397. The number of likely N-dealkylation sites (tertiary alicyclic amines) is 1. The van der Waals surface area contributed by atoms with Crippen LogP contribution in [0.4, 0.5) is 4.39 Å². The molecule has 1 aliphatic rings. The van der Waals surface area contributed by atoms with Crippen LogP contribution in [0.5, 0.6) is 6.01 Å². The van der Waals surface area contributed by atoms with Gasteiger partial charge >= 0.3 is 6.01 Å². The molecule has 5 nitrogen and oxygen atoms in total. The van der Waals surface area contributed by atoms with Gasteiger partial charge in [0, 0.05) is 19.4 Å². The Balaban J connectivity index is 1.83. The second kappa shape index (κ2) is 6.26. The normalized spacial score (nSPS) is 18.4. The number of allylic oxidation sites excluding steroid dienone is 1. The van der Waals surface area contributed by atoms with E-state index in [1.165, 1.54) is 0 Å². The number of hydrogen-bond acceptors (Lipinski definition) is 4. The lowest BCUT2D eigenvalue weighted by molar-refractivity contribution is -0.130. The molecular formula is C13H16FN3O2. The van der Waals surface area contributed by atoms with Crippen molar-refractivity contribution in [3.8, 4) is 6.01 Å². The number of amides is 1. The van der Waals surface area contributed by atoms with Crippen LogP contribution in [0.25, 0.3) is 0 Å². The van der Waals surface area contributed by atoms with Gasteiger partial charge in [-0.05, 0) is 6.42 Å². The molecule has 2 rings (SSSR count). The first-order chi connectivity index (χ1) is 9.19. The Morgan fingerprint density at radius 3 is 3.00 bits per heavy atom. The summed E-state index contributed by atoms with van der Waals surface area (Å²) in [5.41, 5.74) is 0. The quantitative estimate of drug-likeness (QED) is 0.758. The summed E-state index contributed by atoms with van der Waals surface area (Å²) in [6.45, 7) is 4.79. The van der Waals surface area contributed by atoms with Crippen LogP contribution in [-0.2, 0) is 4.79 Å². The molecule has 0 N–H and O–H groups in total. The molecule has 0 aromatic carbocycles. The molecule has 1 atom stereocenters. The lowest BCUT2D eigenvalue weighted by Crippen LogP contribution is -2.30. The maximum atomic E-state index is 12.6. The van der Waals surface area contributed by atoms with E-state index in [4.69, 9.17) is 4.74 Å². The van der Waals surface area contributed by atoms with E-state index >= 15 is 0 Å². The van der Waals surface area contributed by atoms with Gasteiger partial charge in [-0.15, -0.1) is 6.58 Å². The second-order valence-electron chi connectivity index (χ2n) is 4.38. The summed E-state index contributed by atoms with van der Waals surface area (Å²) in [6.07, 6.45) is 5.62. The van der Waals surface area contributed by atoms with Crippen molar-refractivity contribution in [3.05, 3.63) is 30.9 Å². The Bertz CT molecular complexity index is 450. The molecule has 1 aromatic heterocycles. The summed E-state index contributed by atoms with van der Waals surface area (Å²) in [7, 11) is 0. The minimum atomic E-state index is -0.500. The highest BCUT2D eigenvalue weighted by Crippen LogP contribution is 2.16. The predicted octanol–water partition coefficient (Wildman–Crippen LogP) is 1.56. The topological polar surface area (TPSA) is 55.3 Å². The van der Waals surface area contributed by atoms with Crippen molar-refractivity contribution in [2.24, 2.45) is 0 Å². The average molecular weight is 265 g/mol. The molecule has 0 bridgehead atoms. The zero-order chi connectivity index (χ0) is 13.7. The Morgan fingerprint density at radius 2 is 2.32 bits per heavy atom. The number of rotatable bonds is 5. The minimum Gasteiger partial charge on any atom is -0.458 e. The van der Waals surface area contributed by atoms with Gasteiger partial charge in [-0.25, -0.2) is 14.4 Å². The SMILES string of the molecule is C=CCCC(=O)N1CCC(Oc2ncc(F)cn2)C1. The van der Waals surface area contributed by atoms with E-state index in [2.05, 4.69) is 16.5 Å². The van der Waals surface area contributed by atoms with E-state index < -0.39 is 5.82 Å². The molecule has 1 fully saturated rings. The van der Waals surface area contributed by atoms with Gasteiger partial charge < -0.3 is 9.64 Å². The van der Waals surface area contributed by atoms with E-state index in [0.717, 1.165) is 18.8 Å². The first kappa shape index (κ1) is 13.5. The van der Waals surface area contributed by atoms with Gasteiger partial charge in [-0.3, -0.25) is 4.79 Å². The highest BCUT2D eigenvalue weighted by atomic mass is 19.1. The van der Waals surface area contributed by atoms with Gasteiger partial charge in [0.05, 0.1) is 18.9 Å². The summed E-state index contributed by atoms with van der Waals surface area (Å²) in [5, 5.41) is 0. The standard InChI is InChI=1S/C13H16FN3O2/c1-2-3-4-12(18)17-6-5-11(9-17)19-13-15-7-10(14)8-16-13/h2,7-8,11H,1,3-6,9H2. The van der Waals surface area contributed by atoms with E-state index in [-0.39, 0.29) is 18.0 Å². The first-order valence-electron chi connectivity index (χ1n) is 6.22. The van der Waals surface area contributed by atoms with Crippen LogP contribution in [0.1, 0.15) is 19.3 Å². The van der Waals surface area contributed by atoms with E-state index in [1.807, 2.05) is 0 Å². The molecule has 2 heterocycles. The van der Waals surface area contributed by atoms with E-state index in [0.29, 0.717) is 25.9 Å². The molecule has 1 unspecified atom stereocenters. The molecule has 19 heavy (non-hydrogen) atoms. The predicted molar refractivity (Wildman–Crippen MR) is 67.0 cm³/mol. The van der Waals surface area contributed by atoms with Gasteiger partial charge in [0.2, 0.25) is 5.91 Å². The molecule has 1 aromatic rings. The fourth-order valence-corrected chi connectivity index (χ4v) is 1.94.